The molecule has 19 heavy (non-hydrogen) atoms. The van der Waals surface area contributed by atoms with Crippen molar-refractivity contribution in [1.29, 1.82) is 5.26 Å². The fourth-order valence-electron chi connectivity index (χ4n) is 1.55. The maximum Gasteiger partial charge on any atom is 0.338 e. The standard InChI is InChI=1S/C14H10N2O2S/c1-9-4-5-10(8-15)12(7-9)19-13-11(14(17)18)3-2-6-16-13/h2-7H,1H3,(H,17,18). The number of aryl methyl sites for hydroxylation is 1. The average molecular weight is 270 g/mol. The zero-order valence-corrected chi connectivity index (χ0v) is 10.9. The molecule has 0 radical (unpaired) electrons. The Labute approximate surface area is 114 Å². The number of pyridine rings is 1. The van der Waals surface area contributed by atoms with Crippen molar-refractivity contribution in [3.05, 3.63) is 53.2 Å². The third-order valence-electron chi connectivity index (χ3n) is 2.47. The third kappa shape index (κ3) is 2.92. The molecule has 1 aromatic heterocycles. The second-order valence-electron chi connectivity index (χ2n) is 3.87. The van der Waals surface area contributed by atoms with E-state index in [2.05, 4.69) is 11.1 Å². The molecule has 0 unspecified atom stereocenters. The first-order valence-electron chi connectivity index (χ1n) is 5.48. The minimum absolute atomic E-state index is 0.137. The van der Waals surface area contributed by atoms with Crippen molar-refractivity contribution in [3.63, 3.8) is 0 Å². The minimum Gasteiger partial charge on any atom is -0.478 e. The fraction of sp³-hybridized carbons (Fsp3) is 0.0714. The summed E-state index contributed by atoms with van der Waals surface area (Å²) in [5.41, 5.74) is 1.66. The Bertz CT molecular complexity index is 677. The molecule has 1 heterocycles. The van der Waals surface area contributed by atoms with E-state index in [1.807, 2.05) is 19.1 Å². The van der Waals surface area contributed by atoms with Crippen molar-refractivity contribution in [3.8, 4) is 6.07 Å². The number of nitriles is 1. The largest absolute Gasteiger partial charge is 0.478 e. The maximum atomic E-state index is 11.1. The quantitative estimate of drug-likeness (QED) is 0.927. The molecule has 0 aliphatic heterocycles. The number of rotatable bonds is 3. The van der Waals surface area contributed by atoms with Gasteiger partial charge >= 0.3 is 5.97 Å². The summed E-state index contributed by atoms with van der Waals surface area (Å²) in [7, 11) is 0. The highest BCUT2D eigenvalue weighted by molar-refractivity contribution is 7.99. The summed E-state index contributed by atoms with van der Waals surface area (Å²) >= 11 is 1.19. The van der Waals surface area contributed by atoms with Gasteiger partial charge in [0.25, 0.3) is 0 Å². The molecular formula is C14H10N2O2S. The number of hydrogen-bond donors (Lipinski definition) is 1. The first-order chi connectivity index (χ1) is 9.11. The van der Waals surface area contributed by atoms with Crippen LogP contribution in [0.1, 0.15) is 21.5 Å². The van der Waals surface area contributed by atoms with Crippen LogP contribution in [0.4, 0.5) is 0 Å². The lowest BCUT2D eigenvalue weighted by molar-refractivity contribution is 0.0692. The van der Waals surface area contributed by atoms with Gasteiger partial charge in [-0.2, -0.15) is 5.26 Å². The van der Waals surface area contributed by atoms with Gasteiger partial charge in [0.1, 0.15) is 11.1 Å². The smallest absolute Gasteiger partial charge is 0.338 e. The highest BCUT2D eigenvalue weighted by Gasteiger charge is 2.13. The Kier molecular flexibility index (Phi) is 3.83. The van der Waals surface area contributed by atoms with Gasteiger partial charge in [-0.3, -0.25) is 0 Å². The molecule has 0 fully saturated rings. The van der Waals surface area contributed by atoms with Gasteiger partial charge in [-0.25, -0.2) is 9.78 Å². The molecule has 0 aliphatic carbocycles. The Hall–Kier alpha value is -2.32. The normalized spacial score (nSPS) is 9.89. The second kappa shape index (κ2) is 5.55. The number of benzene rings is 1. The highest BCUT2D eigenvalue weighted by atomic mass is 32.2. The number of hydrogen-bond acceptors (Lipinski definition) is 4. The number of nitrogens with zero attached hydrogens (tertiary/aromatic N) is 2. The summed E-state index contributed by atoms with van der Waals surface area (Å²) in [5, 5.41) is 18.6. The van der Waals surface area contributed by atoms with Crippen LogP contribution in [0.15, 0.2) is 46.5 Å². The number of carbonyl (C=O) groups is 1. The van der Waals surface area contributed by atoms with E-state index >= 15 is 0 Å². The molecule has 94 valence electrons. The molecule has 2 aromatic rings. The van der Waals surface area contributed by atoms with Crippen LogP contribution in [0.3, 0.4) is 0 Å². The molecule has 0 spiro atoms. The lowest BCUT2D eigenvalue weighted by Gasteiger charge is -2.06. The molecule has 0 aliphatic rings. The molecule has 1 aromatic carbocycles. The number of aromatic nitrogens is 1. The molecule has 0 amide bonds. The van der Waals surface area contributed by atoms with Gasteiger partial charge in [0.15, 0.2) is 0 Å². The molecular weight excluding hydrogens is 260 g/mol. The van der Waals surface area contributed by atoms with Gasteiger partial charge in [-0.1, -0.05) is 17.8 Å². The second-order valence-corrected chi connectivity index (χ2v) is 4.91. The van der Waals surface area contributed by atoms with Crippen molar-refractivity contribution in [2.45, 2.75) is 16.8 Å². The first kappa shape index (κ1) is 13.1. The Morgan fingerprint density at radius 3 is 2.89 bits per heavy atom. The predicted molar refractivity (Wildman–Crippen MR) is 71.2 cm³/mol. The van der Waals surface area contributed by atoms with Crippen LogP contribution in [0.25, 0.3) is 0 Å². The lowest BCUT2D eigenvalue weighted by Crippen LogP contribution is -2.00. The van der Waals surface area contributed by atoms with E-state index in [1.54, 1.807) is 12.1 Å². The Morgan fingerprint density at radius 2 is 2.21 bits per heavy atom. The van der Waals surface area contributed by atoms with Gasteiger partial charge in [0, 0.05) is 11.1 Å². The average Bonchev–Trinajstić information content (AvgIpc) is 2.39. The summed E-state index contributed by atoms with van der Waals surface area (Å²) in [6.07, 6.45) is 1.54. The topological polar surface area (TPSA) is 74.0 Å². The SMILES string of the molecule is Cc1ccc(C#N)c(Sc2ncccc2C(=O)O)c1. The molecule has 2 rings (SSSR count). The highest BCUT2D eigenvalue weighted by Crippen LogP contribution is 2.31. The molecule has 1 N–H and O–H groups in total. The molecule has 0 bridgehead atoms. The minimum atomic E-state index is -1.03. The zero-order valence-electron chi connectivity index (χ0n) is 10.1. The van der Waals surface area contributed by atoms with E-state index in [4.69, 9.17) is 10.4 Å². The summed E-state index contributed by atoms with van der Waals surface area (Å²) < 4.78 is 0. The van der Waals surface area contributed by atoms with Gasteiger partial charge in [-0.05, 0) is 36.8 Å². The molecule has 0 saturated carbocycles. The van der Waals surface area contributed by atoms with Gasteiger partial charge in [0.2, 0.25) is 0 Å². The van der Waals surface area contributed by atoms with Gasteiger partial charge < -0.3 is 5.11 Å². The van der Waals surface area contributed by atoms with E-state index in [-0.39, 0.29) is 5.56 Å². The van der Waals surface area contributed by atoms with Crippen LogP contribution in [0.2, 0.25) is 0 Å². The van der Waals surface area contributed by atoms with Crippen LogP contribution in [0.5, 0.6) is 0 Å². The van der Waals surface area contributed by atoms with Crippen LogP contribution < -0.4 is 0 Å². The Morgan fingerprint density at radius 1 is 1.42 bits per heavy atom. The number of carboxylic acids is 1. The van der Waals surface area contributed by atoms with Crippen molar-refractivity contribution in [1.82, 2.24) is 4.98 Å². The first-order valence-corrected chi connectivity index (χ1v) is 6.30. The predicted octanol–water partition coefficient (Wildman–Crippen LogP) is 3.11. The van der Waals surface area contributed by atoms with Crippen molar-refractivity contribution in [2.75, 3.05) is 0 Å². The summed E-state index contributed by atoms with van der Waals surface area (Å²) in [6, 6.07) is 10.6. The van der Waals surface area contributed by atoms with Crippen molar-refractivity contribution in [2.24, 2.45) is 0 Å². The lowest BCUT2D eigenvalue weighted by atomic mass is 10.2. The number of carboxylic acid groups (broad SMARTS) is 1. The van der Waals surface area contributed by atoms with E-state index in [9.17, 15) is 4.79 Å². The van der Waals surface area contributed by atoms with Crippen molar-refractivity contribution < 1.29 is 9.90 Å². The Balaban J connectivity index is 2.45. The van der Waals surface area contributed by atoms with Crippen LogP contribution in [-0.4, -0.2) is 16.1 Å². The van der Waals surface area contributed by atoms with Crippen LogP contribution in [0, 0.1) is 18.3 Å². The summed E-state index contributed by atoms with van der Waals surface area (Å²) in [4.78, 5) is 15.9. The molecule has 4 nitrogen and oxygen atoms in total. The third-order valence-corrected chi connectivity index (χ3v) is 3.54. The summed E-state index contributed by atoms with van der Waals surface area (Å²) in [6.45, 7) is 1.92. The zero-order chi connectivity index (χ0) is 13.8. The van der Waals surface area contributed by atoms with E-state index in [0.717, 1.165) is 5.56 Å². The van der Waals surface area contributed by atoms with Crippen molar-refractivity contribution >= 4 is 17.7 Å². The van der Waals surface area contributed by atoms with Crippen LogP contribution in [-0.2, 0) is 0 Å². The van der Waals surface area contributed by atoms with E-state index in [0.29, 0.717) is 15.5 Å². The van der Waals surface area contributed by atoms with Gasteiger partial charge in [-0.15, -0.1) is 0 Å². The van der Waals surface area contributed by atoms with Gasteiger partial charge in [0.05, 0.1) is 11.1 Å². The summed E-state index contributed by atoms with van der Waals surface area (Å²) in [5.74, 6) is -1.03. The maximum absolute atomic E-state index is 11.1. The fourth-order valence-corrected chi connectivity index (χ4v) is 2.60. The molecule has 0 atom stereocenters. The molecule has 5 heteroatoms. The molecule has 0 saturated heterocycles. The number of aromatic carboxylic acids is 1. The van der Waals surface area contributed by atoms with Crippen LogP contribution >= 0.6 is 11.8 Å². The monoisotopic (exact) mass is 270 g/mol. The van der Waals surface area contributed by atoms with E-state index in [1.165, 1.54) is 24.0 Å². The van der Waals surface area contributed by atoms with E-state index < -0.39 is 5.97 Å².